The van der Waals surface area contributed by atoms with Crippen molar-refractivity contribution in [2.45, 2.75) is 27.2 Å². The summed E-state index contributed by atoms with van der Waals surface area (Å²) in [7, 11) is 0. The molecule has 0 saturated heterocycles. The van der Waals surface area contributed by atoms with Crippen molar-refractivity contribution in [2.75, 3.05) is 0 Å². The van der Waals surface area contributed by atoms with Crippen LogP contribution in [0.15, 0.2) is 109 Å². The largest absolute Gasteiger partial charge is 0.312 e. The van der Waals surface area contributed by atoms with Crippen molar-refractivity contribution in [3.05, 3.63) is 153 Å². The van der Waals surface area contributed by atoms with Gasteiger partial charge in [-0.2, -0.15) is 21.0 Å². The van der Waals surface area contributed by atoms with E-state index >= 15 is 0 Å². The van der Waals surface area contributed by atoms with Gasteiger partial charge in [0.05, 0.1) is 56.8 Å². The number of aryl methyl sites for hydroxylation is 1. The summed E-state index contributed by atoms with van der Waals surface area (Å²) in [4.78, 5) is 0. The van der Waals surface area contributed by atoms with E-state index in [1.165, 1.54) is 0 Å². The summed E-state index contributed by atoms with van der Waals surface area (Å²) < 4.78 is 4.13. The second-order valence-corrected chi connectivity index (χ2v) is 11.5. The van der Waals surface area contributed by atoms with Crippen LogP contribution >= 0.6 is 0 Å². The van der Waals surface area contributed by atoms with E-state index in [2.05, 4.69) is 67.5 Å². The first kappa shape index (κ1) is 31.1. The van der Waals surface area contributed by atoms with E-state index in [0.29, 0.717) is 40.0 Å². The number of aromatic nitrogens is 2. The maximum absolute atomic E-state index is 9.97. The summed E-state index contributed by atoms with van der Waals surface area (Å²) in [6.45, 7) is 10.6. The fraction of sp³-hybridized carbons (Fsp3) is 0.0952. The first-order chi connectivity index (χ1) is 23.3. The summed E-state index contributed by atoms with van der Waals surface area (Å²) in [5, 5.41) is 41.3. The zero-order valence-electron chi connectivity index (χ0n) is 26.9. The lowest BCUT2D eigenvalue weighted by atomic mass is 10.0. The van der Waals surface area contributed by atoms with Crippen LogP contribution in [0.25, 0.3) is 45.3 Å². The lowest BCUT2D eigenvalue weighted by Gasteiger charge is -2.13. The fourth-order valence-electron chi connectivity index (χ4n) is 6.36. The van der Waals surface area contributed by atoms with Gasteiger partial charge in [-0.3, -0.25) is 0 Å². The molecule has 228 valence electrons. The number of allylic oxidation sites excluding steroid dienone is 3. The second-order valence-electron chi connectivity index (χ2n) is 11.5. The molecule has 0 aliphatic carbocycles. The van der Waals surface area contributed by atoms with Crippen LogP contribution in [-0.2, 0) is 6.42 Å². The van der Waals surface area contributed by atoms with Gasteiger partial charge in [-0.15, -0.1) is 0 Å². The third kappa shape index (κ3) is 5.25. The van der Waals surface area contributed by atoms with Crippen LogP contribution in [0, 0.1) is 52.2 Å². The molecule has 2 aromatic heterocycles. The lowest BCUT2D eigenvalue weighted by Crippen LogP contribution is -2.03. The number of rotatable bonds is 7. The molecule has 6 aromatic rings. The van der Waals surface area contributed by atoms with E-state index in [1.807, 2.05) is 60.0 Å². The van der Waals surface area contributed by atoms with Crippen LogP contribution in [0.4, 0.5) is 0 Å². The van der Waals surface area contributed by atoms with Gasteiger partial charge >= 0.3 is 0 Å². The number of fused-ring (bicyclic) bond motifs is 2. The summed E-state index contributed by atoms with van der Waals surface area (Å²) in [5.74, 6) is 0. The van der Waals surface area contributed by atoms with Crippen LogP contribution < -0.4 is 0 Å². The number of nitriles is 4. The number of para-hydroxylation sites is 2. The Kier molecular flexibility index (Phi) is 8.34. The molecule has 6 rings (SSSR count). The molecule has 0 N–H and O–H groups in total. The molecule has 2 heterocycles. The molecule has 0 saturated carbocycles. The molecule has 6 heteroatoms. The van der Waals surface area contributed by atoms with Gasteiger partial charge in [-0.1, -0.05) is 56.0 Å². The van der Waals surface area contributed by atoms with E-state index in [4.69, 9.17) is 0 Å². The lowest BCUT2D eigenvalue weighted by molar-refractivity contribution is 0.953. The molecular weight excluding hydrogens is 589 g/mol. The zero-order chi connectivity index (χ0) is 33.9. The third-order valence-electron chi connectivity index (χ3n) is 8.81. The van der Waals surface area contributed by atoms with Gasteiger partial charge in [-0.25, -0.2) is 0 Å². The number of benzene rings is 4. The first-order valence-corrected chi connectivity index (χ1v) is 15.5. The molecule has 6 nitrogen and oxygen atoms in total. The van der Waals surface area contributed by atoms with Crippen LogP contribution in [-0.4, -0.2) is 9.13 Å². The Labute approximate surface area is 279 Å². The maximum atomic E-state index is 9.97. The summed E-state index contributed by atoms with van der Waals surface area (Å²) >= 11 is 0. The number of nitrogens with zero attached hydrogens (tertiary/aromatic N) is 6. The molecule has 0 radical (unpaired) electrons. The van der Waals surface area contributed by atoms with E-state index < -0.39 is 0 Å². The quantitative estimate of drug-likeness (QED) is 0.166. The Morgan fingerprint density at radius 2 is 1.27 bits per heavy atom. The van der Waals surface area contributed by atoms with Gasteiger partial charge in [0.15, 0.2) is 0 Å². The predicted molar refractivity (Wildman–Crippen MR) is 191 cm³/mol. The standard InChI is InChI=1S/C42H30N6/c1-5-37-36(35-11-7-9-13-40(35)47(37)41-21-30(23-43)15-17-32(41)25-45)20-28(3)27(2)14-19-38-29(4)34-10-6-8-12-39(34)48(38)42-22-31(24-44)16-18-33(42)26-46/h6-22H,2,5H2,1,3-4H3/b19-14-,28-20+. The van der Waals surface area contributed by atoms with E-state index in [9.17, 15) is 21.0 Å². The van der Waals surface area contributed by atoms with Gasteiger partial charge in [0.25, 0.3) is 0 Å². The highest BCUT2D eigenvalue weighted by atomic mass is 15.0. The normalized spacial score (nSPS) is 11.4. The van der Waals surface area contributed by atoms with Crippen molar-refractivity contribution in [3.63, 3.8) is 0 Å². The Morgan fingerprint density at radius 3 is 1.83 bits per heavy atom. The molecule has 0 unspecified atom stereocenters. The Hall–Kier alpha value is -6.86. The molecule has 0 bridgehead atoms. The van der Waals surface area contributed by atoms with Crippen molar-refractivity contribution in [3.8, 4) is 35.7 Å². The second kappa shape index (κ2) is 12.9. The Bertz CT molecular complexity index is 2520. The van der Waals surface area contributed by atoms with Crippen molar-refractivity contribution < 1.29 is 0 Å². The molecule has 0 atom stereocenters. The number of hydrogen-bond donors (Lipinski definition) is 0. The van der Waals surface area contributed by atoms with E-state index in [1.54, 1.807) is 36.4 Å². The van der Waals surface area contributed by atoms with Crippen molar-refractivity contribution >= 4 is 34.0 Å². The van der Waals surface area contributed by atoms with Crippen molar-refractivity contribution in [1.29, 1.82) is 21.0 Å². The third-order valence-corrected chi connectivity index (χ3v) is 8.81. The predicted octanol–water partition coefficient (Wildman–Crippen LogP) is 9.60. The Balaban J connectivity index is 1.48. The van der Waals surface area contributed by atoms with Gasteiger partial charge in [0, 0.05) is 27.7 Å². The monoisotopic (exact) mass is 618 g/mol. The highest BCUT2D eigenvalue weighted by Crippen LogP contribution is 2.35. The van der Waals surface area contributed by atoms with Crippen LogP contribution in [0.3, 0.4) is 0 Å². The Morgan fingerprint density at radius 1 is 0.729 bits per heavy atom. The van der Waals surface area contributed by atoms with E-state index in [0.717, 1.165) is 55.5 Å². The molecular formula is C42H30N6. The zero-order valence-corrected chi connectivity index (χ0v) is 26.9. The first-order valence-electron chi connectivity index (χ1n) is 15.5. The number of hydrogen-bond acceptors (Lipinski definition) is 4. The van der Waals surface area contributed by atoms with Gasteiger partial charge in [0.2, 0.25) is 0 Å². The average molecular weight is 619 g/mol. The minimum atomic E-state index is 0.475. The minimum absolute atomic E-state index is 0.475. The maximum Gasteiger partial charge on any atom is 0.101 e. The highest BCUT2D eigenvalue weighted by molar-refractivity contribution is 5.94. The summed E-state index contributed by atoms with van der Waals surface area (Å²) in [6.07, 6.45) is 6.83. The topological polar surface area (TPSA) is 105 Å². The van der Waals surface area contributed by atoms with Gasteiger partial charge < -0.3 is 9.13 Å². The van der Waals surface area contributed by atoms with Crippen LogP contribution in [0.1, 0.15) is 58.6 Å². The smallest absolute Gasteiger partial charge is 0.101 e. The fourth-order valence-corrected chi connectivity index (χ4v) is 6.36. The van der Waals surface area contributed by atoms with Gasteiger partial charge in [-0.05, 0) is 97.7 Å². The van der Waals surface area contributed by atoms with Gasteiger partial charge in [0.1, 0.15) is 12.1 Å². The SMILES string of the molecule is C=C(/C=C\c1c(C)c2ccccc2n1-c1cc(C#N)ccc1C#N)/C(C)=C/c1c(CC)n(-c2cc(C#N)ccc2C#N)c2ccccc12. The minimum Gasteiger partial charge on any atom is -0.312 e. The molecule has 0 aliphatic heterocycles. The van der Waals surface area contributed by atoms with Crippen molar-refractivity contribution in [2.24, 2.45) is 0 Å². The highest BCUT2D eigenvalue weighted by Gasteiger charge is 2.20. The molecule has 0 fully saturated rings. The molecule has 4 aromatic carbocycles. The molecule has 0 aliphatic rings. The molecule has 48 heavy (non-hydrogen) atoms. The summed E-state index contributed by atoms with van der Waals surface area (Å²) in [5.41, 5.74) is 10.9. The summed E-state index contributed by atoms with van der Waals surface area (Å²) in [6, 6.07) is 35.4. The van der Waals surface area contributed by atoms with E-state index in [-0.39, 0.29) is 0 Å². The average Bonchev–Trinajstić information content (AvgIpc) is 3.60. The van der Waals surface area contributed by atoms with Crippen molar-refractivity contribution in [1.82, 2.24) is 9.13 Å². The van der Waals surface area contributed by atoms with Crippen LogP contribution in [0.2, 0.25) is 0 Å². The molecule has 0 spiro atoms. The van der Waals surface area contributed by atoms with Crippen LogP contribution in [0.5, 0.6) is 0 Å². The molecule has 0 amide bonds.